The third kappa shape index (κ3) is 3.82. The molecule has 0 aliphatic carbocycles. The highest BCUT2D eigenvalue weighted by molar-refractivity contribution is 9.10. The molecule has 2 aromatic rings. The summed E-state index contributed by atoms with van der Waals surface area (Å²) in [5, 5.41) is 3.37. The van der Waals surface area contributed by atoms with Crippen molar-refractivity contribution < 1.29 is 4.74 Å². The normalized spacial score (nSPS) is 12.2. The van der Waals surface area contributed by atoms with E-state index in [1.165, 1.54) is 11.1 Å². The number of rotatable bonds is 5. The van der Waals surface area contributed by atoms with Crippen LogP contribution >= 0.6 is 15.9 Å². The molecular formula is C16H18BrNO. The van der Waals surface area contributed by atoms with E-state index in [2.05, 4.69) is 51.6 Å². The van der Waals surface area contributed by atoms with Crippen molar-refractivity contribution in [2.24, 2.45) is 0 Å². The van der Waals surface area contributed by atoms with Gasteiger partial charge in [-0.3, -0.25) is 0 Å². The molecule has 0 saturated carbocycles. The SMILES string of the molecule is CNC(Cc1cccc(Br)c1)c1ccc(OC)cc1. The first-order valence-corrected chi connectivity index (χ1v) is 7.08. The second-order valence-corrected chi connectivity index (χ2v) is 5.36. The molecule has 1 N–H and O–H groups in total. The van der Waals surface area contributed by atoms with Gasteiger partial charge in [0.15, 0.2) is 0 Å². The average Bonchev–Trinajstić information content (AvgIpc) is 2.45. The highest BCUT2D eigenvalue weighted by atomic mass is 79.9. The molecule has 19 heavy (non-hydrogen) atoms. The zero-order valence-corrected chi connectivity index (χ0v) is 12.8. The van der Waals surface area contributed by atoms with Crippen LogP contribution < -0.4 is 10.1 Å². The Balaban J connectivity index is 2.15. The van der Waals surface area contributed by atoms with Gasteiger partial charge in [0.2, 0.25) is 0 Å². The average molecular weight is 320 g/mol. The van der Waals surface area contributed by atoms with Crippen LogP contribution in [0.25, 0.3) is 0 Å². The van der Waals surface area contributed by atoms with Gasteiger partial charge < -0.3 is 10.1 Å². The summed E-state index contributed by atoms with van der Waals surface area (Å²) in [6, 6.07) is 17.0. The minimum atomic E-state index is 0.306. The standard InChI is InChI=1S/C16H18BrNO/c1-18-16(11-12-4-3-5-14(17)10-12)13-6-8-15(19-2)9-7-13/h3-10,16,18H,11H2,1-2H3. The van der Waals surface area contributed by atoms with Crippen LogP contribution in [0.2, 0.25) is 0 Å². The van der Waals surface area contributed by atoms with Crippen LogP contribution in [0.15, 0.2) is 53.0 Å². The zero-order valence-electron chi connectivity index (χ0n) is 11.2. The third-order valence-corrected chi connectivity index (χ3v) is 3.69. The van der Waals surface area contributed by atoms with Gasteiger partial charge in [-0.1, -0.05) is 40.2 Å². The highest BCUT2D eigenvalue weighted by Gasteiger charge is 2.10. The van der Waals surface area contributed by atoms with Gasteiger partial charge in [-0.2, -0.15) is 0 Å². The minimum absolute atomic E-state index is 0.306. The van der Waals surface area contributed by atoms with Crippen molar-refractivity contribution in [1.82, 2.24) is 5.32 Å². The molecule has 0 fully saturated rings. The lowest BCUT2D eigenvalue weighted by molar-refractivity contribution is 0.414. The van der Waals surface area contributed by atoms with Crippen LogP contribution in [0, 0.1) is 0 Å². The monoisotopic (exact) mass is 319 g/mol. The molecule has 1 atom stereocenters. The second-order valence-electron chi connectivity index (χ2n) is 4.45. The summed E-state index contributed by atoms with van der Waals surface area (Å²) in [5.74, 6) is 0.890. The topological polar surface area (TPSA) is 21.3 Å². The lowest BCUT2D eigenvalue weighted by Crippen LogP contribution is -2.18. The Morgan fingerprint density at radius 3 is 2.47 bits per heavy atom. The second kappa shape index (κ2) is 6.73. The number of nitrogens with one attached hydrogen (secondary N) is 1. The molecule has 3 heteroatoms. The summed E-state index contributed by atoms with van der Waals surface area (Å²) in [6.07, 6.45) is 0.961. The van der Waals surface area contributed by atoms with Gasteiger partial charge in [0.05, 0.1) is 7.11 Å². The number of hydrogen-bond donors (Lipinski definition) is 1. The molecule has 0 heterocycles. The number of halogens is 1. The van der Waals surface area contributed by atoms with E-state index in [-0.39, 0.29) is 0 Å². The maximum Gasteiger partial charge on any atom is 0.118 e. The molecule has 2 aromatic carbocycles. The van der Waals surface area contributed by atoms with Crippen LogP contribution in [0.3, 0.4) is 0 Å². The van der Waals surface area contributed by atoms with Crippen LogP contribution in [0.1, 0.15) is 17.2 Å². The first-order valence-electron chi connectivity index (χ1n) is 6.28. The summed E-state index contributed by atoms with van der Waals surface area (Å²) in [7, 11) is 3.68. The van der Waals surface area contributed by atoms with Crippen molar-refractivity contribution in [3.8, 4) is 5.75 Å². The molecule has 0 spiro atoms. The van der Waals surface area contributed by atoms with Crippen LogP contribution in [-0.4, -0.2) is 14.2 Å². The Hall–Kier alpha value is -1.32. The highest BCUT2D eigenvalue weighted by Crippen LogP contribution is 2.22. The summed E-state index contributed by atoms with van der Waals surface area (Å²) < 4.78 is 6.31. The maximum atomic E-state index is 5.19. The van der Waals surface area contributed by atoms with Gasteiger partial charge in [0.25, 0.3) is 0 Å². The van der Waals surface area contributed by atoms with E-state index in [0.29, 0.717) is 6.04 Å². The van der Waals surface area contributed by atoms with Crippen LogP contribution in [-0.2, 0) is 6.42 Å². The summed E-state index contributed by atoms with van der Waals surface area (Å²) in [6.45, 7) is 0. The zero-order chi connectivity index (χ0) is 13.7. The Labute approximate surface area is 122 Å². The van der Waals surface area contributed by atoms with Crippen molar-refractivity contribution in [3.05, 3.63) is 64.1 Å². The van der Waals surface area contributed by atoms with Crippen molar-refractivity contribution >= 4 is 15.9 Å². The summed E-state index contributed by atoms with van der Waals surface area (Å²) in [4.78, 5) is 0. The summed E-state index contributed by atoms with van der Waals surface area (Å²) in [5.41, 5.74) is 2.58. The fourth-order valence-corrected chi connectivity index (χ4v) is 2.57. The van der Waals surface area contributed by atoms with Crippen molar-refractivity contribution in [3.63, 3.8) is 0 Å². The van der Waals surface area contributed by atoms with E-state index in [9.17, 15) is 0 Å². The molecule has 0 bridgehead atoms. The molecule has 0 aliphatic rings. The molecule has 100 valence electrons. The molecule has 2 rings (SSSR count). The van der Waals surface area contributed by atoms with Gasteiger partial charge in [-0.05, 0) is 48.9 Å². The molecule has 2 nitrogen and oxygen atoms in total. The quantitative estimate of drug-likeness (QED) is 0.900. The predicted molar refractivity (Wildman–Crippen MR) is 82.6 cm³/mol. The molecular weight excluding hydrogens is 302 g/mol. The lowest BCUT2D eigenvalue weighted by Gasteiger charge is -2.17. The van der Waals surface area contributed by atoms with E-state index in [1.807, 2.05) is 25.2 Å². The fraction of sp³-hybridized carbons (Fsp3) is 0.250. The Kier molecular flexibility index (Phi) is 5.00. The van der Waals surface area contributed by atoms with Gasteiger partial charge in [-0.15, -0.1) is 0 Å². The van der Waals surface area contributed by atoms with Gasteiger partial charge in [0, 0.05) is 10.5 Å². The number of hydrogen-bond acceptors (Lipinski definition) is 2. The Morgan fingerprint density at radius 1 is 1.16 bits per heavy atom. The molecule has 0 aromatic heterocycles. The first kappa shape index (κ1) is 14.1. The predicted octanol–water partition coefficient (Wildman–Crippen LogP) is 3.96. The van der Waals surface area contributed by atoms with Crippen LogP contribution in [0.5, 0.6) is 5.75 Å². The largest absolute Gasteiger partial charge is 0.497 e. The van der Waals surface area contributed by atoms with E-state index in [1.54, 1.807) is 7.11 Å². The van der Waals surface area contributed by atoms with E-state index >= 15 is 0 Å². The minimum Gasteiger partial charge on any atom is -0.497 e. The van der Waals surface area contributed by atoms with Gasteiger partial charge in [0.1, 0.15) is 5.75 Å². The van der Waals surface area contributed by atoms with E-state index in [0.717, 1.165) is 16.6 Å². The number of methoxy groups -OCH3 is 1. The van der Waals surface area contributed by atoms with Crippen molar-refractivity contribution in [2.75, 3.05) is 14.2 Å². The number of likely N-dealkylation sites (N-methyl/N-ethyl adjacent to an activating group) is 1. The lowest BCUT2D eigenvalue weighted by atomic mass is 9.99. The molecule has 0 aliphatic heterocycles. The summed E-state index contributed by atoms with van der Waals surface area (Å²) >= 11 is 3.51. The van der Waals surface area contributed by atoms with Crippen LogP contribution in [0.4, 0.5) is 0 Å². The van der Waals surface area contributed by atoms with Gasteiger partial charge >= 0.3 is 0 Å². The number of ether oxygens (including phenoxy) is 1. The molecule has 0 radical (unpaired) electrons. The van der Waals surface area contributed by atoms with Crippen molar-refractivity contribution in [2.45, 2.75) is 12.5 Å². The molecule has 0 amide bonds. The Morgan fingerprint density at radius 2 is 1.89 bits per heavy atom. The molecule has 1 unspecified atom stereocenters. The number of benzene rings is 2. The maximum absolute atomic E-state index is 5.19. The van der Waals surface area contributed by atoms with E-state index < -0.39 is 0 Å². The fourth-order valence-electron chi connectivity index (χ4n) is 2.12. The van der Waals surface area contributed by atoms with Crippen molar-refractivity contribution in [1.29, 1.82) is 0 Å². The molecule has 0 saturated heterocycles. The first-order chi connectivity index (χ1) is 9.22. The smallest absolute Gasteiger partial charge is 0.118 e. The Bertz CT molecular complexity index is 525. The van der Waals surface area contributed by atoms with Gasteiger partial charge in [-0.25, -0.2) is 0 Å². The van der Waals surface area contributed by atoms with E-state index in [4.69, 9.17) is 4.74 Å². The third-order valence-electron chi connectivity index (χ3n) is 3.20.